The van der Waals surface area contributed by atoms with Gasteiger partial charge in [-0.1, -0.05) is 12.1 Å². The molecule has 0 aliphatic carbocycles. The van der Waals surface area contributed by atoms with Crippen LogP contribution in [-0.4, -0.2) is 18.4 Å². The highest BCUT2D eigenvalue weighted by Crippen LogP contribution is 2.09. The van der Waals surface area contributed by atoms with Crippen LogP contribution in [0.3, 0.4) is 0 Å². The van der Waals surface area contributed by atoms with Crippen molar-refractivity contribution in [2.24, 2.45) is 11.5 Å². The molecule has 0 aliphatic heterocycles. The number of primary amides is 1. The van der Waals surface area contributed by atoms with Crippen molar-refractivity contribution < 1.29 is 9.59 Å². The van der Waals surface area contributed by atoms with Crippen molar-refractivity contribution in [2.45, 2.75) is 6.42 Å². The van der Waals surface area contributed by atoms with Gasteiger partial charge in [0.05, 0.1) is 13.0 Å². The molecule has 0 radical (unpaired) electrons. The lowest BCUT2D eigenvalue weighted by Crippen LogP contribution is -2.21. The maximum atomic E-state index is 10.9. The average Bonchev–Trinajstić information content (AvgIpc) is 2.20. The molecule has 5 N–H and O–H groups in total. The standard InChI is InChI=1S/C10H13N3O2/c11-6-10(15)13-8-3-1-7(2-4-8)5-9(12)14/h1-4H,5-6,11H2,(H2,12,14)(H,13,15). The Balaban J connectivity index is 2.64. The van der Waals surface area contributed by atoms with Gasteiger partial charge in [0.25, 0.3) is 0 Å². The summed E-state index contributed by atoms with van der Waals surface area (Å²) in [6.07, 6.45) is 0.200. The van der Waals surface area contributed by atoms with Gasteiger partial charge in [0, 0.05) is 5.69 Å². The summed E-state index contributed by atoms with van der Waals surface area (Å²) in [5.41, 5.74) is 11.6. The highest BCUT2D eigenvalue weighted by molar-refractivity contribution is 5.92. The summed E-state index contributed by atoms with van der Waals surface area (Å²) in [5, 5.41) is 2.59. The lowest BCUT2D eigenvalue weighted by Gasteiger charge is -2.04. The summed E-state index contributed by atoms with van der Waals surface area (Å²) in [4.78, 5) is 21.5. The number of rotatable bonds is 4. The molecule has 2 amide bonds. The van der Waals surface area contributed by atoms with E-state index in [0.717, 1.165) is 5.56 Å². The van der Waals surface area contributed by atoms with Gasteiger partial charge in [-0.3, -0.25) is 9.59 Å². The second-order valence-electron chi connectivity index (χ2n) is 3.09. The molecule has 0 unspecified atom stereocenters. The summed E-state index contributed by atoms with van der Waals surface area (Å²) in [6.45, 7) is -0.0525. The minimum atomic E-state index is -0.381. The molecule has 15 heavy (non-hydrogen) atoms. The second kappa shape index (κ2) is 5.11. The van der Waals surface area contributed by atoms with Crippen LogP contribution in [0.25, 0.3) is 0 Å². The molecule has 0 saturated heterocycles. The first-order valence-corrected chi connectivity index (χ1v) is 4.49. The van der Waals surface area contributed by atoms with Gasteiger partial charge >= 0.3 is 0 Å². The quantitative estimate of drug-likeness (QED) is 0.627. The largest absolute Gasteiger partial charge is 0.369 e. The third-order valence-electron chi connectivity index (χ3n) is 1.80. The van der Waals surface area contributed by atoms with E-state index in [9.17, 15) is 9.59 Å². The summed E-state index contributed by atoms with van der Waals surface area (Å²) >= 11 is 0. The number of carbonyl (C=O) groups is 2. The zero-order chi connectivity index (χ0) is 11.3. The summed E-state index contributed by atoms with van der Waals surface area (Å²) < 4.78 is 0. The van der Waals surface area contributed by atoms with Crippen LogP contribution >= 0.6 is 0 Å². The fraction of sp³-hybridized carbons (Fsp3) is 0.200. The van der Waals surface area contributed by atoms with Gasteiger partial charge < -0.3 is 16.8 Å². The van der Waals surface area contributed by atoms with Crippen LogP contribution in [0.4, 0.5) is 5.69 Å². The average molecular weight is 207 g/mol. The topological polar surface area (TPSA) is 98.2 Å². The smallest absolute Gasteiger partial charge is 0.238 e. The van der Waals surface area contributed by atoms with Crippen molar-refractivity contribution in [2.75, 3.05) is 11.9 Å². The lowest BCUT2D eigenvalue weighted by molar-refractivity contribution is -0.117. The molecule has 0 aliphatic rings. The van der Waals surface area contributed by atoms with E-state index >= 15 is 0 Å². The first-order chi connectivity index (χ1) is 7.11. The van der Waals surface area contributed by atoms with Crippen molar-refractivity contribution >= 4 is 17.5 Å². The molecule has 0 atom stereocenters. The van der Waals surface area contributed by atoms with E-state index in [0.29, 0.717) is 5.69 Å². The summed E-state index contributed by atoms with van der Waals surface area (Å²) in [7, 11) is 0. The summed E-state index contributed by atoms with van der Waals surface area (Å²) in [6, 6.07) is 6.87. The fourth-order valence-electron chi connectivity index (χ4n) is 1.12. The van der Waals surface area contributed by atoms with Crippen LogP contribution in [0, 0.1) is 0 Å². The minimum absolute atomic E-state index is 0.0525. The van der Waals surface area contributed by atoms with E-state index in [1.165, 1.54) is 0 Å². The van der Waals surface area contributed by atoms with Gasteiger partial charge in [-0.2, -0.15) is 0 Å². The molecule has 0 bridgehead atoms. The molecule has 0 saturated carbocycles. The lowest BCUT2D eigenvalue weighted by atomic mass is 10.1. The molecule has 5 nitrogen and oxygen atoms in total. The summed E-state index contributed by atoms with van der Waals surface area (Å²) in [5.74, 6) is -0.633. The van der Waals surface area contributed by atoms with E-state index in [1.807, 2.05) is 0 Å². The molecule has 5 heteroatoms. The van der Waals surface area contributed by atoms with Crippen molar-refractivity contribution in [1.29, 1.82) is 0 Å². The second-order valence-corrected chi connectivity index (χ2v) is 3.09. The Labute approximate surface area is 87.4 Å². The molecule has 1 rings (SSSR count). The zero-order valence-corrected chi connectivity index (χ0v) is 8.19. The number of hydrogen-bond acceptors (Lipinski definition) is 3. The zero-order valence-electron chi connectivity index (χ0n) is 8.19. The molecule has 0 fully saturated rings. The first kappa shape index (κ1) is 11.2. The number of hydrogen-bond donors (Lipinski definition) is 3. The number of carbonyl (C=O) groups excluding carboxylic acids is 2. The van der Waals surface area contributed by atoms with E-state index in [4.69, 9.17) is 11.5 Å². The van der Waals surface area contributed by atoms with E-state index < -0.39 is 0 Å². The Kier molecular flexibility index (Phi) is 3.82. The monoisotopic (exact) mass is 207 g/mol. The van der Waals surface area contributed by atoms with Crippen molar-refractivity contribution in [3.8, 4) is 0 Å². The van der Waals surface area contributed by atoms with Gasteiger partial charge in [0.1, 0.15) is 0 Å². The molecule has 80 valence electrons. The molecule has 1 aromatic carbocycles. The highest BCUT2D eigenvalue weighted by Gasteiger charge is 2.00. The SMILES string of the molecule is NCC(=O)Nc1ccc(CC(N)=O)cc1. The Hall–Kier alpha value is -1.88. The van der Waals surface area contributed by atoms with Crippen LogP contribution in [0.15, 0.2) is 24.3 Å². The molecular weight excluding hydrogens is 194 g/mol. The maximum Gasteiger partial charge on any atom is 0.238 e. The third-order valence-corrected chi connectivity index (χ3v) is 1.80. The van der Waals surface area contributed by atoms with Gasteiger partial charge in [-0.25, -0.2) is 0 Å². The van der Waals surface area contributed by atoms with Gasteiger partial charge in [0.15, 0.2) is 0 Å². The Bertz CT molecular complexity index is 359. The minimum Gasteiger partial charge on any atom is -0.369 e. The van der Waals surface area contributed by atoms with Gasteiger partial charge in [-0.15, -0.1) is 0 Å². The van der Waals surface area contributed by atoms with Crippen LogP contribution < -0.4 is 16.8 Å². The molecular formula is C10H13N3O2. The maximum absolute atomic E-state index is 10.9. The van der Waals surface area contributed by atoms with Crippen molar-refractivity contribution in [3.63, 3.8) is 0 Å². The van der Waals surface area contributed by atoms with Crippen molar-refractivity contribution in [3.05, 3.63) is 29.8 Å². The number of nitrogens with two attached hydrogens (primary N) is 2. The van der Waals surface area contributed by atoms with E-state index in [1.54, 1.807) is 24.3 Å². The van der Waals surface area contributed by atoms with Gasteiger partial charge in [-0.05, 0) is 17.7 Å². The fourth-order valence-corrected chi connectivity index (χ4v) is 1.12. The number of amides is 2. The predicted molar refractivity (Wildman–Crippen MR) is 57.0 cm³/mol. The van der Waals surface area contributed by atoms with Crippen LogP contribution in [-0.2, 0) is 16.0 Å². The van der Waals surface area contributed by atoms with Crippen LogP contribution in [0.1, 0.15) is 5.56 Å². The van der Waals surface area contributed by atoms with Gasteiger partial charge in [0.2, 0.25) is 11.8 Å². The number of nitrogens with one attached hydrogen (secondary N) is 1. The molecule has 0 heterocycles. The Morgan fingerprint density at radius 2 is 1.80 bits per heavy atom. The molecule has 0 aromatic heterocycles. The van der Waals surface area contributed by atoms with E-state index in [2.05, 4.69) is 5.32 Å². The first-order valence-electron chi connectivity index (χ1n) is 4.49. The molecule has 1 aromatic rings. The van der Waals surface area contributed by atoms with Crippen molar-refractivity contribution in [1.82, 2.24) is 0 Å². The highest BCUT2D eigenvalue weighted by atomic mass is 16.2. The predicted octanol–water partition coefficient (Wildman–Crippen LogP) is -0.388. The number of benzene rings is 1. The number of anilines is 1. The normalized spacial score (nSPS) is 9.67. The molecule has 0 spiro atoms. The Morgan fingerprint density at radius 3 is 2.27 bits per heavy atom. The van der Waals surface area contributed by atoms with Crippen LogP contribution in [0.5, 0.6) is 0 Å². The Morgan fingerprint density at radius 1 is 1.20 bits per heavy atom. The third kappa shape index (κ3) is 3.78. The van der Waals surface area contributed by atoms with E-state index in [-0.39, 0.29) is 24.8 Å². The van der Waals surface area contributed by atoms with Crippen LogP contribution in [0.2, 0.25) is 0 Å².